The number of nitrogens with zero attached hydrogens (tertiary/aromatic N) is 2. The largest absolute Gasteiger partial charge is 0.489 e. The molecule has 0 amide bonds. The Balaban J connectivity index is 1.56. The number of nitro benzene ring substituents is 1. The van der Waals surface area contributed by atoms with E-state index in [1.807, 2.05) is 0 Å². The predicted octanol–water partition coefficient (Wildman–Crippen LogP) is 4.40. The molecule has 0 aliphatic heterocycles. The quantitative estimate of drug-likeness (QED) is 0.376. The van der Waals surface area contributed by atoms with Gasteiger partial charge in [0.1, 0.15) is 24.2 Å². The molecule has 2 aromatic heterocycles. The van der Waals surface area contributed by atoms with E-state index in [2.05, 4.69) is 4.98 Å². The van der Waals surface area contributed by atoms with E-state index in [4.69, 9.17) is 9.15 Å². The van der Waals surface area contributed by atoms with Gasteiger partial charge in [0, 0.05) is 23.6 Å². The van der Waals surface area contributed by atoms with Crippen molar-refractivity contribution in [1.29, 1.82) is 0 Å². The summed E-state index contributed by atoms with van der Waals surface area (Å²) in [6.45, 7) is 0.241. The molecule has 27 heavy (non-hydrogen) atoms. The number of fused-ring (bicyclic) bond motifs is 1. The maximum absolute atomic E-state index is 12.6. The zero-order chi connectivity index (χ0) is 18.8. The third-order valence-electron chi connectivity index (χ3n) is 4.01. The first kappa shape index (κ1) is 16.9. The van der Waals surface area contributed by atoms with Crippen LogP contribution >= 0.6 is 11.3 Å². The third kappa shape index (κ3) is 3.42. The Morgan fingerprint density at radius 1 is 1.19 bits per heavy atom. The maximum atomic E-state index is 12.6. The molecule has 4 rings (SSSR count). The molecular formula is C19H12N2O5S. The normalized spacial score (nSPS) is 10.8. The van der Waals surface area contributed by atoms with Crippen LogP contribution in [0.15, 0.2) is 68.8 Å². The van der Waals surface area contributed by atoms with Gasteiger partial charge in [-0.15, -0.1) is 11.3 Å². The summed E-state index contributed by atoms with van der Waals surface area (Å²) in [7, 11) is 0. The van der Waals surface area contributed by atoms with E-state index >= 15 is 0 Å². The van der Waals surface area contributed by atoms with Gasteiger partial charge in [0.2, 0.25) is 5.43 Å². The molecule has 0 bridgehead atoms. The number of non-ortho nitro benzene ring substituents is 1. The van der Waals surface area contributed by atoms with Crippen LogP contribution in [0.3, 0.4) is 0 Å². The lowest BCUT2D eigenvalue weighted by Gasteiger charge is -2.07. The van der Waals surface area contributed by atoms with E-state index in [-0.39, 0.29) is 17.7 Å². The standard InChI is InChI=1S/C19H12N2O5S/c22-19-15-6-5-14(25-8-12-1-3-13(4-2-12)21(23)24)7-18(15)26-9-16(19)17-10-27-11-20-17/h1-7,9-11H,8H2. The molecule has 0 unspecified atom stereocenters. The molecule has 2 aromatic carbocycles. The average molecular weight is 380 g/mol. The van der Waals surface area contributed by atoms with Crippen LogP contribution in [0.4, 0.5) is 5.69 Å². The van der Waals surface area contributed by atoms with Crippen LogP contribution in [-0.4, -0.2) is 9.91 Å². The van der Waals surface area contributed by atoms with Crippen LogP contribution in [0.5, 0.6) is 5.75 Å². The molecule has 0 fully saturated rings. The molecule has 7 nitrogen and oxygen atoms in total. The van der Waals surface area contributed by atoms with Crippen molar-refractivity contribution in [3.05, 3.63) is 85.5 Å². The molecule has 0 atom stereocenters. The number of thiazole rings is 1. The Hall–Kier alpha value is -3.52. The Morgan fingerprint density at radius 2 is 2.00 bits per heavy atom. The first-order chi connectivity index (χ1) is 13.1. The van der Waals surface area contributed by atoms with Crippen LogP contribution in [0.1, 0.15) is 5.56 Å². The third-order valence-corrected chi connectivity index (χ3v) is 4.59. The van der Waals surface area contributed by atoms with Gasteiger partial charge >= 0.3 is 0 Å². The minimum absolute atomic E-state index is 0.0298. The van der Waals surface area contributed by atoms with Gasteiger partial charge in [-0.2, -0.15) is 0 Å². The summed E-state index contributed by atoms with van der Waals surface area (Å²) in [4.78, 5) is 27.0. The summed E-state index contributed by atoms with van der Waals surface area (Å²) < 4.78 is 11.3. The van der Waals surface area contributed by atoms with Crippen molar-refractivity contribution in [2.45, 2.75) is 6.61 Å². The Bertz CT molecular complexity index is 1170. The zero-order valence-electron chi connectivity index (χ0n) is 13.8. The first-order valence-corrected chi connectivity index (χ1v) is 8.86. The monoisotopic (exact) mass is 380 g/mol. The summed E-state index contributed by atoms with van der Waals surface area (Å²) in [6, 6.07) is 11.1. The second-order valence-electron chi connectivity index (χ2n) is 5.72. The number of benzene rings is 2. The van der Waals surface area contributed by atoms with E-state index in [1.165, 1.54) is 29.7 Å². The molecule has 8 heteroatoms. The SMILES string of the molecule is O=c1c(-c2cscn2)coc2cc(OCc3ccc([N+](=O)[O-])cc3)ccc12. The van der Waals surface area contributed by atoms with Crippen molar-refractivity contribution in [2.24, 2.45) is 0 Å². The van der Waals surface area contributed by atoms with Gasteiger partial charge in [0.25, 0.3) is 5.69 Å². The van der Waals surface area contributed by atoms with Crippen molar-refractivity contribution >= 4 is 28.0 Å². The van der Waals surface area contributed by atoms with Crippen molar-refractivity contribution in [3.8, 4) is 17.0 Å². The summed E-state index contributed by atoms with van der Waals surface area (Å²) >= 11 is 1.41. The van der Waals surface area contributed by atoms with E-state index in [0.717, 1.165) is 5.56 Å². The van der Waals surface area contributed by atoms with Crippen LogP contribution in [0, 0.1) is 10.1 Å². The number of rotatable bonds is 5. The average Bonchev–Trinajstić information content (AvgIpc) is 3.21. The first-order valence-electron chi connectivity index (χ1n) is 7.92. The fraction of sp³-hybridized carbons (Fsp3) is 0.0526. The van der Waals surface area contributed by atoms with Crippen LogP contribution < -0.4 is 10.2 Å². The van der Waals surface area contributed by atoms with E-state index in [0.29, 0.717) is 28.0 Å². The van der Waals surface area contributed by atoms with Gasteiger partial charge in [0.05, 0.1) is 27.1 Å². The van der Waals surface area contributed by atoms with Crippen molar-refractivity contribution in [2.75, 3.05) is 0 Å². The molecule has 0 aliphatic rings. The minimum Gasteiger partial charge on any atom is -0.489 e. The van der Waals surface area contributed by atoms with Gasteiger partial charge in [0.15, 0.2) is 0 Å². The van der Waals surface area contributed by atoms with Gasteiger partial charge in [-0.25, -0.2) is 4.98 Å². The maximum Gasteiger partial charge on any atom is 0.269 e. The fourth-order valence-corrected chi connectivity index (χ4v) is 3.15. The second-order valence-corrected chi connectivity index (χ2v) is 6.44. The predicted molar refractivity (Wildman–Crippen MR) is 101 cm³/mol. The second kappa shape index (κ2) is 7.00. The Labute approximate surface area is 156 Å². The molecular weight excluding hydrogens is 368 g/mol. The number of ether oxygens (including phenoxy) is 1. The molecule has 134 valence electrons. The van der Waals surface area contributed by atoms with Gasteiger partial charge in [-0.1, -0.05) is 0 Å². The molecule has 0 aliphatic carbocycles. The lowest BCUT2D eigenvalue weighted by atomic mass is 10.1. The smallest absolute Gasteiger partial charge is 0.269 e. The molecule has 0 N–H and O–H groups in total. The summed E-state index contributed by atoms with van der Waals surface area (Å²) in [5, 5.41) is 12.9. The van der Waals surface area contributed by atoms with E-state index < -0.39 is 4.92 Å². The zero-order valence-corrected chi connectivity index (χ0v) is 14.6. The van der Waals surface area contributed by atoms with Gasteiger partial charge < -0.3 is 9.15 Å². The highest BCUT2D eigenvalue weighted by Gasteiger charge is 2.11. The minimum atomic E-state index is -0.449. The molecule has 0 spiro atoms. The highest BCUT2D eigenvalue weighted by molar-refractivity contribution is 7.07. The van der Waals surface area contributed by atoms with Crippen molar-refractivity contribution in [3.63, 3.8) is 0 Å². The lowest BCUT2D eigenvalue weighted by molar-refractivity contribution is -0.384. The Morgan fingerprint density at radius 3 is 2.70 bits per heavy atom. The molecule has 0 saturated carbocycles. The summed E-state index contributed by atoms with van der Waals surface area (Å²) in [5.41, 5.74) is 3.76. The molecule has 4 aromatic rings. The highest BCUT2D eigenvalue weighted by Crippen LogP contribution is 2.24. The Kier molecular flexibility index (Phi) is 4.39. The molecule has 0 radical (unpaired) electrons. The number of hydrogen-bond donors (Lipinski definition) is 0. The van der Waals surface area contributed by atoms with E-state index in [9.17, 15) is 14.9 Å². The lowest BCUT2D eigenvalue weighted by Crippen LogP contribution is -2.05. The topological polar surface area (TPSA) is 95.5 Å². The van der Waals surface area contributed by atoms with Crippen LogP contribution in [0.2, 0.25) is 0 Å². The van der Waals surface area contributed by atoms with Crippen LogP contribution in [-0.2, 0) is 6.61 Å². The van der Waals surface area contributed by atoms with Crippen molar-refractivity contribution in [1.82, 2.24) is 4.98 Å². The van der Waals surface area contributed by atoms with Crippen molar-refractivity contribution < 1.29 is 14.1 Å². The van der Waals surface area contributed by atoms with E-state index in [1.54, 1.807) is 41.2 Å². The fourth-order valence-electron chi connectivity index (χ4n) is 2.60. The highest BCUT2D eigenvalue weighted by atomic mass is 32.1. The van der Waals surface area contributed by atoms with Crippen LogP contribution in [0.25, 0.3) is 22.2 Å². The number of nitro groups is 1. The number of hydrogen-bond acceptors (Lipinski definition) is 7. The van der Waals surface area contributed by atoms with Gasteiger partial charge in [-0.05, 0) is 29.8 Å². The summed E-state index contributed by atoms with van der Waals surface area (Å²) in [6.07, 6.45) is 1.40. The van der Waals surface area contributed by atoms with Gasteiger partial charge in [-0.3, -0.25) is 14.9 Å². The number of aromatic nitrogens is 1. The molecule has 0 saturated heterocycles. The summed E-state index contributed by atoms with van der Waals surface area (Å²) in [5.74, 6) is 0.533. The molecule has 2 heterocycles.